The number of methoxy groups -OCH3 is 2. The van der Waals surface area contributed by atoms with Gasteiger partial charge in [0.1, 0.15) is 5.60 Å². The fourth-order valence-electron chi connectivity index (χ4n) is 2.62. The van der Waals surface area contributed by atoms with Crippen molar-refractivity contribution in [3.63, 3.8) is 0 Å². The van der Waals surface area contributed by atoms with E-state index in [2.05, 4.69) is 0 Å². The van der Waals surface area contributed by atoms with Crippen LogP contribution < -0.4 is 0 Å². The third kappa shape index (κ3) is 4.09. The number of amides is 1. The van der Waals surface area contributed by atoms with Crippen LogP contribution in [0.4, 0.5) is 4.79 Å². The van der Waals surface area contributed by atoms with Gasteiger partial charge in [0.2, 0.25) is 0 Å². The Morgan fingerprint density at radius 3 is 2.05 bits per heavy atom. The quantitative estimate of drug-likeness (QED) is 0.748. The van der Waals surface area contributed by atoms with E-state index in [0.717, 1.165) is 0 Å². The molecule has 0 aliphatic carbocycles. The monoisotopic (exact) mass is 301 g/mol. The van der Waals surface area contributed by atoms with Gasteiger partial charge in [-0.15, -0.1) is 0 Å². The van der Waals surface area contributed by atoms with Crippen LogP contribution in [0.2, 0.25) is 0 Å². The molecule has 6 heteroatoms. The lowest BCUT2D eigenvalue weighted by atomic mass is 9.74. The molecule has 0 saturated carbocycles. The summed E-state index contributed by atoms with van der Waals surface area (Å²) in [6.07, 6.45) is 0.416. The van der Waals surface area contributed by atoms with Crippen molar-refractivity contribution in [2.45, 2.75) is 52.2 Å². The van der Waals surface area contributed by atoms with Gasteiger partial charge in [0.15, 0.2) is 0 Å². The van der Waals surface area contributed by atoms with Crippen molar-refractivity contribution in [2.75, 3.05) is 27.3 Å². The number of likely N-dealkylation sites (tertiary alicyclic amines) is 1. The summed E-state index contributed by atoms with van der Waals surface area (Å²) in [7, 11) is 2.96. The summed E-state index contributed by atoms with van der Waals surface area (Å²) < 4.78 is 15.7. The molecule has 1 rings (SSSR count). The number of piperidine rings is 1. The summed E-state index contributed by atoms with van der Waals surface area (Å²) in [5, 5.41) is 0. The standard InChI is InChI=1S/C15H27NO5/c1-11(19-5)15(12(17)20-6)7-9-16(10-8-15)13(18)21-14(2,3)4/h11H,7-10H2,1-6H3. The lowest BCUT2D eigenvalue weighted by Crippen LogP contribution is -2.52. The molecule has 1 fully saturated rings. The summed E-state index contributed by atoms with van der Waals surface area (Å²) in [6.45, 7) is 8.28. The van der Waals surface area contributed by atoms with Crippen LogP contribution in [0.5, 0.6) is 0 Å². The first-order valence-electron chi connectivity index (χ1n) is 7.25. The number of hydrogen-bond acceptors (Lipinski definition) is 5. The second kappa shape index (κ2) is 6.64. The molecule has 0 aromatic heterocycles. The highest BCUT2D eigenvalue weighted by molar-refractivity contribution is 5.78. The van der Waals surface area contributed by atoms with Crippen molar-refractivity contribution in [3.05, 3.63) is 0 Å². The normalized spacial score (nSPS) is 19.8. The van der Waals surface area contributed by atoms with Gasteiger partial charge in [-0.05, 0) is 40.5 Å². The van der Waals surface area contributed by atoms with Crippen LogP contribution >= 0.6 is 0 Å². The summed E-state index contributed by atoms with van der Waals surface area (Å²) in [5.74, 6) is -0.277. The van der Waals surface area contributed by atoms with E-state index in [-0.39, 0.29) is 18.2 Å². The summed E-state index contributed by atoms with van der Waals surface area (Å²) in [4.78, 5) is 25.9. The molecule has 0 spiro atoms. The molecule has 1 heterocycles. The van der Waals surface area contributed by atoms with Crippen LogP contribution in [0.1, 0.15) is 40.5 Å². The molecule has 6 nitrogen and oxygen atoms in total. The van der Waals surface area contributed by atoms with E-state index in [4.69, 9.17) is 14.2 Å². The van der Waals surface area contributed by atoms with Gasteiger partial charge in [0.25, 0.3) is 0 Å². The van der Waals surface area contributed by atoms with Crippen LogP contribution in [0, 0.1) is 5.41 Å². The van der Waals surface area contributed by atoms with Crippen LogP contribution in [0.3, 0.4) is 0 Å². The second-order valence-corrected chi connectivity index (χ2v) is 6.49. The molecular formula is C15H27NO5. The van der Waals surface area contributed by atoms with Crippen molar-refractivity contribution in [1.29, 1.82) is 0 Å². The van der Waals surface area contributed by atoms with Crippen molar-refractivity contribution in [3.8, 4) is 0 Å². The maximum absolute atomic E-state index is 12.2. The molecular weight excluding hydrogens is 274 g/mol. The minimum Gasteiger partial charge on any atom is -0.469 e. The van der Waals surface area contributed by atoms with E-state index in [1.807, 2.05) is 27.7 Å². The zero-order valence-corrected chi connectivity index (χ0v) is 13.9. The number of carbonyl (C=O) groups is 2. The first-order valence-corrected chi connectivity index (χ1v) is 7.25. The van der Waals surface area contributed by atoms with Crippen molar-refractivity contribution in [1.82, 2.24) is 4.90 Å². The molecule has 0 radical (unpaired) electrons. The van der Waals surface area contributed by atoms with Gasteiger partial charge in [-0.25, -0.2) is 4.79 Å². The lowest BCUT2D eigenvalue weighted by molar-refractivity contribution is -0.166. The average molecular weight is 301 g/mol. The van der Waals surface area contributed by atoms with Gasteiger partial charge in [-0.3, -0.25) is 4.79 Å². The molecule has 122 valence electrons. The minimum atomic E-state index is -0.692. The van der Waals surface area contributed by atoms with Crippen LogP contribution in [0.25, 0.3) is 0 Å². The Balaban J connectivity index is 2.75. The number of rotatable bonds is 3. The van der Waals surface area contributed by atoms with Gasteiger partial charge in [0, 0.05) is 20.2 Å². The van der Waals surface area contributed by atoms with Crippen molar-refractivity contribution in [2.24, 2.45) is 5.41 Å². The molecule has 0 aromatic carbocycles. The largest absolute Gasteiger partial charge is 0.469 e. The third-order valence-electron chi connectivity index (χ3n) is 4.03. The highest BCUT2D eigenvalue weighted by Crippen LogP contribution is 2.38. The van der Waals surface area contributed by atoms with Crippen molar-refractivity contribution >= 4 is 12.1 Å². The smallest absolute Gasteiger partial charge is 0.410 e. The molecule has 21 heavy (non-hydrogen) atoms. The maximum atomic E-state index is 12.2. The molecule has 1 aliphatic rings. The Morgan fingerprint density at radius 1 is 1.14 bits per heavy atom. The zero-order chi connectivity index (χ0) is 16.3. The number of ether oxygens (including phenoxy) is 3. The predicted octanol–water partition coefficient (Wildman–Crippen LogP) is 2.21. The SMILES string of the molecule is COC(=O)C1(C(C)OC)CCN(C(=O)OC(C)(C)C)CC1. The van der Waals surface area contributed by atoms with Gasteiger partial charge in [-0.1, -0.05) is 0 Å². The Morgan fingerprint density at radius 2 is 1.67 bits per heavy atom. The number of esters is 1. The molecule has 1 amide bonds. The molecule has 1 saturated heterocycles. The molecule has 0 bridgehead atoms. The van der Waals surface area contributed by atoms with E-state index >= 15 is 0 Å². The van der Waals surface area contributed by atoms with Crippen LogP contribution in [-0.4, -0.2) is 56.0 Å². The Kier molecular flexibility index (Phi) is 5.61. The van der Waals surface area contributed by atoms with Crippen LogP contribution in [-0.2, 0) is 19.0 Å². The molecule has 1 unspecified atom stereocenters. The highest BCUT2D eigenvalue weighted by atomic mass is 16.6. The molecule has 0 aromatic rings. The lowest BCUT2D eigenvalue weighted by Gasteiger charge is -2.42. The second-order valence-electron chi connectivity index (χ2n) is 6.49. The fraction of sp³-hybridized carbons (Fsp3) is 0.867. The fourth-order valence-corrected chi connectivity index (χ4v) is 2.62. The number of carbonyl (C=O) groups excluding carboxylic acids is 2. The first kappa shape index (κ1) is 17.8. The summed E-state index contributed by atoms with van der Waals surface area (Å²) in [6, 6.07) is 0. The van der Waals surface area contributed by atoms with Gasteiger partial charge in [-0.2, -0.15) is 0 Å². The van der Waals surface area contributed by atoms with Gasteiger partial charge in [0.05, 0.1) is 18.6 Å². The first-order chi connectivity index (χ1) is 9.66. The van der Waals surface area contributed by atoms with Crippen LogP contribution in [0.15, 0.2) is 0 Å². The Labute approximate surface area is 126 Å². The maximum Gasteiger partial charge on any atom is 0.410 e. The number of nitrogens with zero attached hydrogens (tertiary/aromatic N) is 1. The summed E-state index contributed by atoms with van der Waals surface area (Å²) >= 11 is 0. The Bertz CT molecular complexity index is 380. The number of hydrogen-bond donors (Lipinski definition) is 0. The highest BCUT2D eigenvalue weighted by Gasteiger charge is 2.48. The molecule has 1 atom stereocenters. The van der Waals surface area contributed by atoms with Crippen molar-refractivity contribution < 1.29 is 23.8 Å². The topological polar surface area (TPSA) is 65.1 Å². The van der Waals surface area contributed by atoms with E-state index in [9.17, 15) is 9.59 Å². The minimum absolute atomic E-state index is 0.259. The molecule has 1 aliphatic heterocycles. The third-order valence-corrected chi connectivity index (χ3v) is 4.03. The molecule has 0 N–H and O–H groups in total. The van der Waals surface area contributed by atoms with E-state index in [1.165, 1.54) is 7.11 Å². The van der Waals surface area contributed by atoms with Gasteiger partial charge < -0.3 is 19.1 Å². The van der Waals surface area contributed by atoms with E-state index in [0.29, 0.717) is 25.9 Å². The van der Waals surface area contributed by atoms with E-state index in [1.54, 1.807) is 12.0 Å². The van der Waals surface area contributed by atoms with E-state index < -0.39 is 11.0 Å². The average Bonchev–Trinajstić information content (AvgIpc) is 2.43. The Hall–Kier alpha value is -1.30. The predicted molar refractivity (Wildman–Crippen MR) is 78.0 cm³/mol. The zero-order valence-electron chi connectivity index (χ0n) is 13.9. The van der Waals surface area contributed by atoms with Gasteiger partial charge >= 0.3 is 12.1 Å². The summed E-state index contributed by atoms with van der Waals surface area (Å²) in [5.41, 5.74) is -1.21.